The van der Waals surface area contributed by atoms with E-state index in [0.29, 0.717) is 12.8 Å². The normalized spacial score (nSPS) is 11.7. The van der Waals surface area contributed by atoms with Crippen LogP contribution in [0.5, 0.6) is 11.5 Å². The van der Waals surface area contributed by atoms with Crippen LogP contribution >= 0.6 is 0 Å². The molecule has 0 aliphatic carbocycles. The van der Waals surface area contributed by atoms with Gasteiger partial charge in [0.05, 0.1) is 6.04 Å². The molecule has 0 bridgehead atoms. The van der Waals surface area contributed by atoms with Gasteiger partial charge in [0, 0.05) is 12.8 Å². The van der Waals surface area contributed by atoms with Crippen LogP contribution < -0.4 is 15.2 Å². The number of nitrogens with two attached hydrogens (primary N) is 1. The Morgan fingerprint density at radius 1 is 1.08 bits per heavy atom. The van der Waals surface area contributed by atoms with E-state index in [1.54, 1.807) is 18.2 Å². The quantitative estimate of drug-likeness (QED) is 0.352. The molecule has 0 spiro atoms. The third kappa shape index (κ3) is 7.70. The average molecular weight is 363 g/mol. The predicted octanol–water partition coefficient (Wildman–Crippen LogP) is 3.82. The summed E-state index contributed by atoms with van der Waals surface area (Å²) in [6, 6.07) is 4.27. The maximum Gasteiger partial charge on any atom is 0.311 e. The molecule has 0 aliphatic rings. The molecule has 0 heterocycles. The SMILES string of the molecule is C=C(O)C(N)Cc1ccc(OC(=O)CCCC)c(OC(=O)CCCC)c1. The van der Waals surface area contributed by atoms with E-state index in [1.165, 1.54) is 0 Å². The summed E-state index contributed by atoms with van der Waals surface area (Å²) in [5.41, 5.74) is 6.53. The molecule has 1 aromatic carbocycles. The van der Waals surface area contributed by atoms with E-state index < -0.39 is 6.04 Å². The van der Waals surface area contributed by atoms with Crippen molar-refractivity contribution in [3.63, 3.8) is 0 Å². The number of carbonyl (C=O) groups is 2. The predicted molar refractivity (Wildman–Crippen MR) is 100 cm³/mol. The number of aliphatic hydroxyl groups is 1. The average Bonchev–Trinajstić information content (AvgIpc) is 2.60. The van der Waals surface area contributed by atoms with Crippen LogP contribution in [0.25, 0.3) is 0 Å². The number of esters is 2. The Bertz CT molecular complexity index is 627. The number of rotatable bonds is 11. The number of carbonyl (C=O) groups excluding carboxylic acids is 2. The van der Waals surface area contributed by atoms with Gasteiger partial charge in [0.2, 0.25) is 0 Å². The molecule has 0 saturated heterocycles. The van der Waals surface area contributed by atoms with Gasteiger partial charge in [-0.2, -0.15) is 0 Å². The molecular weight excluding hydrogens is 334 g/mol. The van der Waals surface area contributed by atoms with Crippen molar-refractivity contribution in [1.29, 1.82) is 0 Å². The second-order valence-corrected chi connectivity index (χ2v) is 6.24. The highest BCUT2D eigenvalue weighted by Gasteiger charge is 2.16. The largest absolute Gasteiger partial charge is 0.511 e. The summed E-state index contributed by atoms with van der Waals surface area (Å²) in [4.78, 5) is 23.9. The van der Waals surface area contributed by atoms with Crippen molar-refractivity contribution < 1.29 is 24.2 Å². The van der Waals surface area contributed by atoms with Gasteiger partial charge in [0.15, 0.2) is 11.5 Å². The van der Waals surface area contributed by atoms with E-state index in [4.69, 9.17) is 15.2 Å². The van der Waals surface area contributed by atoms with Crippen molar-refractivity contribution in [3.8, 4) is 11.5 Å². The van der Waals surface area contributed by atoms with Gasteiger partial charge in [-0.3, -0.25) is 9.59 Å². The highest BCUT2D eigenvalue weighted by molar-refractivity contribution is 5.76. The molecule has 6 nitrogen and oxygen atoms in total. The minimum Gasteiger partial charge on any atom is -0.511 e. The second-order valence-electron chi connectivity index (χ2n) is 6.24. The van der Waals surface area contributed by atoms with E-state index in [2.05, 4.69) is 6.58 Å². The molecule has 0 aliphatic heterocycles. The summed E-state index contributed by atoms with van der Waals surface area (Å²) in [5.74, 6) is -0.488. The molecule has 3 N–H and O–H groups in total. The summed E-state index contributed by atoms with van der Waals surface area (Å²) in [5, 5.41) is 9.38. The maximum absolute atomic E-state index is 12.0. The summed E-state index contributed by atoms with van der Waals surface area (Å²) in [6.07, 6.45) is 4.12. The minimum atomic E-state index is -0.628. The number of hydrogen-bond donors (Lipinski definition) is 2. The lowest BCUT2D eigenvalue weighted by atomic mass is 10.0. The first-order valence-electron chi connectivity index (χ1n) is 9.05. The number of benzene rings is 1. The first-order chi connectivity index (χ1) is 12.4. The first-order valence-corrected chi connectivity index (χ1v) is 9.05. The van der Waals surface area contributed by atoms with E-state index in [-0.39, 0.29) is 35.6 Å². The van der Waals surface area contributed by atoms with Gasteiger partial charge in [-0.15, -0.1) is 0 Å². The highest BCUT2D eigenvalue weighted by Crippen LogP contribution is 2.30. The number of hydrogen-bond acceptors (Lipinski definition) is 6. The fourth-order valence-electron chi connectivity index (χ4n) is 2.20. The third-order valence-electron chi connectivity index (χ3n) is 3.81. The molecule has 6 heteroatoms. The van der Waals surface area contributed by atoms with Gasteiger partial charge in [-0.25, -0.2) is 0 Å². The standard InChI is InChI=1S/C20H29NO5/c1-4-6-8-19(23)25-17-11-10-15(12-16(21)14(3)22)13-18(17)26-20(24)9-7-5-2/h10-11,13,16,22H,3-9,12,21H2,1-2H3. The van der Waals surface area contributed by atoms with Crippen LogP contribution in [0.4, 0.5) is 0 Å². The van der Waals surface area contributed by atoms with Crippen LogP contribution in [0.3, 0.4) is 0 Å². The lowest BCUT2D eigenvalue weighted by Crippen LogP contribution is -2.24. The molecule has 144 valence electrons. The molecule has 1 aromatic rings. The molecule has 1 atom stereocenters. The molecule has 0 aromatic heterocycles. The van der Waals surface area contributed by atoms with Crippen LogP contribution in [-0.2, 0) is 16.0 Å². The van der Waals surface area contributed by atoms with Crippen molar-refractivity contribution in [3.05, 3.63) is 36.1 Å². The van der Waals surface area contributed by atoms with E-state index in [9.17, 15) is 14.7 Å². The Morgan fingerprint density at radius 2 is 1.62 bits per heavy atom. The Hall–Kier alpha value is -2.34. The summed E-state index contributed by atoms with van der Waals surface area (Å²) < 4.78 is 10.7. The number of aliphatic hydroxyl groups excluding tert-OH is 1. The minimum absolute atomic E-state index is 0.124. The van der Waals surface area contributed by atoms with Crippen LogP contribution in [-0.4, -0.2) is 23.1 Å². The molecule has 0 fully saturated rings. The monoisotopic (exact) mass is 363 g/mol. The zero-order valence-corrected chi connectivity index (χ0v) is 15.6. The highest BCUT2D eigenvalue weighted by atomic mass is 16.6. The number of unbranched alkanes of at least 4 members (excludes halogenated alkanes) is 2. The van der Waals surface area contributed by atoms with Gasteiger partial charge >= 0.3 is 11.9 Å². The first kappa shape index (κ1) is 21.7. The molecule has 26 heavy (non-hydrogen) atoms. The van der Waals surface area contributed by atoms with Crippen LogP contribution in [0, 0.1) is 0 Å². The molecule has 1 rings (SSSR count). The Morgan fingerprint density at radius 3 is 2.12 bits per heavy atom. The maximum atomic E-state index is 12.0. The summed E-state index contributed by atoms with van der Waals surface area (Å²) >= 11 is 0. The summed E-state index contributed by atoms with van der Waals surface area (Å²) in [6.45, 7) is 7.39. The summed E-state index contributed by atoms with van der Waals surface area (Å²) in [7, 11) is 0. The van der Waals surface area contributed by atoms with Crippen LogP contribution in [0.15, 0.2) is 30.5 Å². The Kier molecular flexibility index (Phi) is 9.44. The van der Waals surface area contributed by atoms with Crippen molar-refractivity contribution in [2.24, 2.45) is 5.73 Å². The van der Waals surface area contributed by atoms with Crippen molar-refractivity contribution in [2.75, 3.05) is 0 Å². The molecular formula is C20H29NO5. The van der Waals surface area contributed by atoms with Gasteiger partial charge < -0.3 is 20.3 Å². The van der Waals surface area contributed by atoms with Crippen LogP contribution in [0.1, 0.15) is 57.9 Å². The Balaban J connectivity index is 2.96. The van der Waals surface area contributed by atoms with Gasteiger partial charge in [0.25, 0.3) is 0 Å². The molecule has 0 saturated carbocycles. The van der Waals surface area contributed by atoms with Gasteiger partial charge in [-0.1, -0.05) is 39.3 Å². The van der Waals surface area contributed by atoms with E-state index in [1.807, 2.05) is 13.8 Å². The fourth-order valence-corrected chi connectivity index (χ4v) is 2.20. The lowest BCUT2D eigenvalue weighted by Gasteiger charge is -2.14. The molecule has 1 unspecified atom stereocenters. The molecule has 0 radical (unpaired) electrons. The zero-order chi connectivity index (χ0) is 19.5. The van der Waals surface area contributed by atoms with Gasteiger partial charge in [-0.05, 0) is 37.0 Å². The van der Waals surface area contributed by atoms with Crippen molar-refractivity contribution in [2.45, 2.75) is 64.8 Å². The van der Waals surface area contributed by atoms with E-state index >= 15 is 0 Å². The van der Waals surface area contributed by atoms with Crippen LogP contribution in [0.2, 0.25) is 0 Å². The van der Waals surface area contributed by atoms with Gasteiger partial charge in [0.1, 0.15) is 5.76 Å². The van der Waals surface area contributed by atoms with Crippen molar-refractivity contribution in [1.82, 2.24) is 0 Å². The van der Waals surface area contributed by atoms with E-state index in [0.717, 1.165) is 31.2 Å². The smallest absolute Gasteiger partial charge is 0.311 e. The topological polar surface area (TPSA) is 98.9 Å². The third-order valence-corrected chi connectivity index (χ3v) is 3.81. The second kappa shape index (κ2) is 11.3. The van der Waals surface area contributed by atoms with Crippen molar-refractivity contribution >= 4 is 11.9 Å². The Labute approximate surface area is 155 Å². The number of ether oxygens (including phenoxy) is 2. The zero-order valence-electron chi connectivity index (χ0n) is 15.6. The lowest BCUT2D eigenvalue weighted by molar-refractivity contribution is -0.137. The fraction of sp³-hybridized carbons (Fsp3) is 0.500. The molecule has 0 amide bonds.